The van der Waals surface area contributed by atoms with Crippen LogP contribution in [0.3, 0.4) is 0 Å². The third kappa shape index (κ3) is 5.02. The van der Waals surface area contributed by atoms with Crippen molar-refractivity contribution in [3.63, 3.8) is 0 Å². The molecule has 0 radical (unpaired) electrons. The summed E-state index contributed by atoms with van der Waals surface area (Å²) < 4.78 is 32.6. The largest absolute Gasteiger partial charge is 0.468 e. The molecule has 10 heteroatoms. The monoisotopic (exact) mass is 466 g/mol. The van der Waals surface area contributed by atoms with Crippen LogP contribution in [0.4, 0.5) is 0 Å². The Bertz CT molecular complexity index is 1430. The highest BCUT2D eigenvalue weighted by Crippen LogP contribution is 2.15. The van der Waals surface area contributed by atoms with Crippen LogP contribution in [0.2, 0.25) is 0 Å². The van der Waals surface area contributed by atoms with E-state index in [1.54, 1.807) is 36.4 Å². The van der Waals surface area contributed by atoms with Gasteiger partial charge >= 0.3 is 0 Å². The van der Waals surface area contributed by atoms with Crippen molar-refractivity contribution in [2.75, 3.05) is 6.54 Å². The predicted octanol–water partition coefficient (Wildman–Crippen LogP) is 2.66. The molecule has 0 saturated heterocycles. The average Bonchev–Trinajstić information content (AvgIpc) is 3.35. The number of amides is 1. The first-order chi connectivity index (χ1) is 15.9. The van der Waals surface area contributed by atoms with Gasteiger partial charge in [-0.05, 0) is 55.5 Å². The fourth-order valence-corrected chi connectivity index (χ4v) is 4.33. The molecule has 0 bridgehead atoms. The minimum Gasteiger partial charge on any atom is -0.468 e. The first-order valence-electron chi connectivity index (χ1n) is 10.3. The van der Waals surface area contributed by atoms with Crippen LogP contribution in [0, 0.1) is 0 Å². The van der Waals surface area contributed by atoms with Crippen molar-refractivity contribution >= 4 is 26.8 Å². The van der Waals surface area contributed by atoms with Crippen LogP contribution in [-0.4, -0.2) is 35.7 Å². The van der Waals surface area contributed by atoms with E-state index in [4.69, 9.17) is 4.42 Å². The van der Waals surface area contributed by atoms with Crippen molar-refractivity contribution in [3.8, 4) is 0 Å². The smallest absolute Gasteiger partial charge is 0.258 e. The zero-order valence-electron chi connectivity index (χ0n) is 17.8. The summed E-state index contributed by atoms with van der Waals surface area (Å²) in [5.41, 5.74) is 0.608. The lowest BCUT2D eigenvalue weighted by atomic mass is 10.2. The summed E-state index contributed by atoms with van der Waals surface area (Å²) in [6.07, 6.45) is 1.46. The number of furan rings is 1. The molecule has 1 amide bonds. The molecule has 2 aromatic carbocycles. The molecule has 0 aliphatic carbocycles. The van der Waals surface area contributed by atoms with Crippen molar-refractivity contribution in [1.82, 2.24) is 19.6 Å². The van der Waals surface area contributed by atoms with E-state index in [2.05, 4.69) is 14.7 Å². The number of benzene rings is 2. The molecule has 2 heterocycles. The molecule has 2 N–H and O–H groups in total. The van der Waals surface area contributed by atoms with Crippen LogP contribution >= 0.6 is 0 Å². The molecule has 170 valence electrons. The highest BCUT2D eigenvalue weighted by molar-refractivity contribution is 7.89. The van der Waals surface area contributed by atoms with Gasteiger partial charge in [-0.15, -0.1) is 0 Å². The number of H-pyrrole nitrogens is 1. The van der Waals surface area contributed by atoms with Crippen molar-refractivity contribution in [1.29, 1.82) is 0 Å². The van der Waals surface area contributed by atoms with Gasteiger partial charge in [0.05, 0.1) is 35.2 Å². The van der Waals surface area contributed by atoms with Gasteiger partial charge in [-0.3, -0.25) is 9.59 Å². The lowest BCUT2D eigenvalue weighted by Crippen LogP contribution is -2.32. The van der Waals surface area contributed by atoms with Crippen LogP contribution < -0.4 is 10.3 Å². The Morgan fingerprint density at radius 3 is 2.55 bits per heavy atom. The van der Waals surface area contributed by atoms with Crippen molar-refractivity contribution in [2.45, 2.75) is 24.9 Å². The Morgan fingerprint density at radius 2 is 1.85 bits per heavy atom. The van der Waals surface area contributed by atoms with Gasteiger partial charge in [-0.2, -0.15) is 0 Å². The number of aromatic nitrogens is 2. The maximum Gasteiger partial charge on any atom is 0.258 e. The van der Waals surface area contributed by atoms with Gasteiger partial charge in [0, 0.05) is 12.1 Å². The number of hydrogen-bond donors (Lipinski definition) is 2. The van der Waals surface area contributed by atoms with Crippen LogP contribution in [0.25, 0.3) is 10.9 Å². The summed E-state index contributed by atoms with van der Waals surface area (Å²) in [6.45, 7) is 2.32. The van der Waals surface area contributed by atoms with Gasteiger partial charge in [-0.25, -0.2) is 18.1 Å². The third-order valence-corrected chi connectivity index (χ3v) is 6.52. The second kappa shape index (κ2) is 9.39. The number of rotatable bonds is 8. The Hall–Kier alpha value is -3.76. The van der Waals surface area contributed by atoms with E-state index < -0.39 is 10.0 Å². The molecule has 9 nitrogen and oxygen atoms in total. The zero-order valence-corrected chi connectivity index (χ0v) is 18.6. The molecule has 0 spiro atoms. The Balaban J connectivity index is 1.49. The molecule has 4 rings (SSSR count). The minimum atomic E-state index is -3.76. The second-order valence-corrected chi connectivity index (χ2v) is 9.04. The lowest BCUT2D eigenvalue weighted by molar-refractivity contribution is 0.0748. The number of aromatic amines is 1. The number of hydrogen-bond acceptors (Lipinski definition) is 6. The number of fused-ring (bicyclic) bond motifs is 1. The fourth-order valence-electron chi connectivity index (χ4n) is 3.34. The Labute approximate surface area is 190 Å². The van der Waals surface area contributed by atoms with Crippen LogP contribution in [0.15, 0.2) is 81.0 Å². The van der Waals surface area contributed by atoms with E-state index in [0.29, 0.717) is 34.6 Å². The molecular weight excluding hydrogens is 444 g/mol. The van der Waals surface area contributed by atoms with Crippen LogP contribution in [-0.2, 0) is 23.1 Å². The van der Waals surface area contributed by atoms with Gasteiger partial charge in [0.25, 0.3) is 11.5 Å². The summed E-state index contributed by atoms with van der Waals surface area (Å²) in [6, 6.07) is 16.0. The standard InChI is InChI=1S/C23H22N4O5S/c1-2-27(15-21-25-20-8-4-3-7-19(20)22(28)26-21)23(29)16-9-11-18(12-10-16)33(30,31)24-14-17-6-5-13-32-17/h3-13,24H,2,14-15H2,1H3,(H,25,26,28). The van der Waals surface area contributed by atoms with Crippen molar-refractivity contribution in [2.24, 2.45) is 0 Å². The SMILES string of the molecule is CCN(Cc1nc2ccccc2c(=O)[nH]1)C(=O)c1ccc(S(=O)(=O)NCc2ccco2)cc1. The number of para-hydroxylation sites is 1. The summed E-state index contributed by atoms with van der Waals surface area (Å²) in [5, 5.41) is 0.480. The molecule has 0 aliphatic rings. The van der Waals surface area contributed by atoms with E-state index in [1.807, 2.05) is 6.92 Å². The summed E-state index contributed by atoms with van der Waals surface area (Å²) in [7, 11) is -3.76. The molecular formula is C23H22N4O5S. The molecule has 0 saturated carbocycles. The van der Waals surface area contributed by atoms with Crippen LogP contribution in [0.5, 0.6) is 0 Å². The topological polar surface area (TPSA) is 125 Å². The van der Waals surface area contributed by atoms with Gasteiger partial charge in [0.15, 0.2) is 0 Å². The van der Waals surface area contributed by atoms with E-state index in [0.717, 1.165) is 0 Å². The van der Waals surface area contributed by atoms with E-state index in [-0.39, 0.29) is 29.5 Å². The molecule has 0 aliphatic heterocycles. The normalized spacial score (nSPS) is 11.5. The molecule has 0 atom stereocenters. The van der Waals surface area contributed by atoms with E-state index in [9.17, 15) is 18.0 Å². The predicted molar refractivity (Wildman–Crippen MR) is 122 cm³/mol. The molecule has 0 unspecified atom stereocenters. The number of nitrogens with zero attached hydrogens (tertiary/aromatic N) is 2. The molecule has 0 fully saturated rings. The number of carbonyl (C=O) groups is 1. The lowest BCUT2D eigenvalue weighted by Gasteiger charge is -2.20. The highest BCUT2D eigenvalue weighted by Gasteiger charge is 2.19. The summed E-state index contributed by atoms with van der Waals surface area (Å²) in [5.74, 6) is 0.556. The first kappa shape index (κ1) is 22.4. The van der Waals surface area contributed by atoms with Crippen LogP contribution in [0.1, 0.15) is 28.9 Å². The average molecular weight is 467 g/mol. The summed E-state index contributed by atoms with van der Waals surface area (Å²) in [4.78, 5) is 34.0. The molecule has 4 aromatic rings. The first-order valence-corrected chi connectivity index (χ1v) is 11.7. The van der Waals surface area contributed by atoms with Gasteiger partial charge in [0.1, 0.15) is 11.6 Å². The van der Waals surface area contributed by atoms with E-state index >= 15 is 0 Å². The maximum absolute atomic E-state index is 13.0. The number of nitrogens with one attached hydrogen (secondary N) is 2. The van der Waals surface area contributed by atoms with Crippen molar-refractivity contribution in [3.05, 3.63) is 94.4 Å². The third-order valence-electron chi connectivity index (χ3n) is 5.10. The number of sulfonamides is 1. The zero-order chi connectivity index (χ0) is 23.4. The van der Waals surface area contributed by atoms with E-state index in [1.165, 1.54) is 35.4 Å². The quantitative estimate of drug-likeness (QED) is 0.411. The Kier molecular flexibility index (Phi) is 6.38. The fraction of sp³-hybridized carbons (Fsp3) is 0.174. The molecule has 2 aromatic heterocycles. The summed E-state index contributed by atoms with van der Waals surface area (Å²) >= 11 is 0. The van der Waals surface area contributed by atoms with Gasteiger partial charge in [0.2, 0.25) is 10.0 Å². The van der Waals surface area contributed by atoms with Gasteiger partial charge in [-0.1, -0.05) is 12.1 Å². The number of carbonyl (C=O) groups excluding carboxylic acids is 1. The maximum atomic E-state index is 13.0. The highest BCUT2D eigenvalue weighted by atomic mass is 32.2. The van der Waals surface area contributed by atoms with Gasteiger partial charge < -0.3 is 14.3 Å². The second-order valence-electron chi connectivity index (χ2n) is 7.28. The molecule has 33 heavy (non-hydrogen) atoms. The minimum absolute atomic E-state index is 0.0244. The Morgan fingerprint density at radius 1 is 1.09 bits per heavy atom. The van der Waals surface area contributed by atoms with Crippen molar-refractivity contribution < 1.29 is 17.6 Å².